The van der Waals surface area contributed by atoms with E-state index in [1.165, 1.54) is 44.9 Å². The Hall–Kier alpha value is -1.17. The Balaban J connectivity index is 1.48. The molecule has 1 aliphatic heterocycles. The molecule has 35 heavy (non-hydrogen) atoms. The van der Waals surface area contributed by atoms with Crippen LogP contribution in [0.25, 0.3) is 0 Å². The molecule has 1 saturated heterocycles. The number of nitrogens with one attached hydrogen (secondary N) is 2. The largest absolute Gasteiger partial charge is 0.393 e. The molecule has 0 radical (unpaired) electrons. The molecule has 0 aromatic carbocycles. The monoisotopic (exact) mass is 492 g/mol. The molecule has 0 spiro atoms. The zero-order valence-corrected chi connectivity index (χ0v) is 22.0. The number of hydrogen-bond donors (Lipinski definition) is 2. The van der Waals surface area contributed by atoms with Gasteiger partial charge in [-0.3, -0.25) is 0 Å². The maximum Gasteiger partial charge on any atom is 0.393 e. The van der Waals surface area contributed by atoms with Crippen LogP contribution in [0.4, 0.5) is 13.2 Å². The minimum absolute atomic E-state index is 0.0800. The van der Waals surface area contributed by atoms with E-state index in [4.69, 9.17) is 0 Å². The summed E-state index contributed by atoms with van der Waals surface area (Å²) >= 11 is 0. The third-order valence-electron chi connectivity index (χ3n) is 8.37. The van der Waals surface area contributed by atoms with E-state index in [-0.39, 0.29) is 18.3 Å². The molecule has 0 bridgehead atoms. The van der Waals surface area contributed by atoms with Crippen LogP contribution in [0.1, 0.15) is 104 Å². The lowest BCUT2D eigenvalue weighted by Crippen LogP contribution is -2.52. The van der Waals surface area contributed by atoms with Crippen molar-refractivity contribution in [3.63, 3.8) is 0 Å². The molecule has 5 heteroatoms. The molecule has 0 aromatic heterocycles. The maximum absolute atomic E-state index is 13.9. The van der Waals surface area contributed by atoms with Gasteiger partial charge in [0.25, 0.3) is 0 Å². The highest BCUT2D eigenvalue weighted by molar-refractivity contribution is 5.15. The van der Waals surface area contributed by atoms with Gasteiger partial charge in [0.2, 0.25) is 0 Å². The minimum Gasteiger partial charge on any atom is -0.301 e. The lowest BCUT2D eigenvalue weighted by Gasteiger charge is -2.33. The molecular weight excluding hydrogens is 445 g/mol. The molecule has 2 N–H and O–H groups in total. The van der Waals surface area contributed by atoms with Gasteiger partial charge in [0.15, 0.2) is 0 Å². The van der Waals surface area contributed by atoms with E-state index in [2.05, 4.69) is 48.2 Å². The summed E-state index contributed by atoms with van der Waals surface area (Å²) < 4.78 is 41.8. The van der Waals surface area contributed by atoms with Crippen molar-refractivity contribution < 1.29 is 13.2 Å². The van der Waals surface area contributed by atoms with E-state index in [0.29, 0.717) is 18.5 Å². The van der Waals surface area contributed by atoms with Gasteiger partial charge in [-0.25, -0.2) is 0 Å². The third-order valence-corrected chi connectivity index (χ3v) is 8.37. The Kier molecular flexibility index (Phi) is 11.8. The van der Waals surface area contributed by atoms with Crippen LogP contribution >= 0.6 is 0 Å². The zero-order valence-electron chi connectivity index (χ0n) is 22.0. The smallest absolute Gasteiger partial charge is 0.301 e. The van der Waals surface area contributed by atoms with Crippen molar-refractivity contribution in [1.82, 2.24) is 10.6 Å². The number of alkyl halides is 3. The minimum atomic E-state index is -4.20. The fourth-order valence-corrected chi connectivity index (χ4v) is 6.00. The second-order valence-corrected chi connectivity index (χ2v) is 11.3. The van der Waals surface area contributed by atoms with Gasteiger partial charge in [0.05, 0.1) is 12.1 Å². The van der Waals surface area contributed by atoms with Crippen molar-refractivity contribution in [1.29, 1.82) is 0 Å². The Bertz CT molecular complexity index is 725. The Morgan fingerprint density at radius 2 is 1.31 bits per heavy atom. The van der Waals surface area contributed by atoms with E-state index >= 15 is 0 Å². The maximum atomic E-state index is 13.9. The van der Waals surface area contributed by atoms with Crippen LogP contribution in [0, 0.1) is 59.2 Å². The quantitative estimate of drug-likeness (QED) is 0.288. The second-order valence-electron chi connectivity index (χ2n) is 11.3. The molecular formula is C30H47F3N2. The van der Waals surface area contributed by atoms with E-state index in [0.717, 1.165) is 51.1 Å². The van der Waals surface area contributed by atoms with Crippen LogP contribution < -0.4 is 10.6 Å². The predicted octanol–water partition coefficient (Wildman–Crippen LogP) is 7.30. The molecule has 3 fully saturated rings. The third kappa shape index (κ3) is 9.66. The van der Waals surface area contributed by atoms with E-state index in [9.17, 15) is 13.2 Å². The summed E-state index contributed by atoms with van der Waals surface area (Å²) in [7, 11) is 0. The number of rotatable bonds is 7. The molecule has 0 amide bonds. The van der Waals surface area contributed by atoms with E-state index < -0.39 is 18.0 Å². The Morgan fingerprint density at radius 1 is 0.686 bits per heavy atom. The van der Waals surface area contributed by atoms with Crippen molar-refractivity contribution in [2.24, 2.45) is 35.5 Å². The number of hydrogen-bond acceptors (Lipinski definition) is 2. The summed E-state index contributed by atoms with van der Waals surface area (Å²) in [6, 6.07) is 0. The fraction of sp³-hybridized carbons (Fsp3) is 0.867. The average Bonchev–Trinajstić information content (AvgIpc) is 2.86. The van der Waals surface area contributed by atoms with Crippen LogP contribution in [0.3, 0.4) is 0 Å². The molecule has 1 heterocycles. The van der Waals surface area contributed by atoms with Crippen LogP contribution in [0.5, 0.6) is 0 Å². The Labute approximate surface area is 212 Å². The number of unbranched alkanes of at least 4 members (excludes halogenated alkanes) is 3. The van der Waals surface area contributed by atoms with Gasteiger partial charge in [-0.05, 0) is 57.3 Å². The van der Waals surface area contributed by atoms with Crippen molar-refractivity contribution in [3.8, 4) is 23.7 Å². The summed E-state index contributed by atoms with van der Waals surface area (Å²) in [6.07, 6.45) is 10.8. The highest BCUT2D eigenvalue weighted by atomic mass is 19.4. The first-order valence-corrected chi connectivity index (χ1v) is 14.4. The van der Waals surface area contributed by atoms with Crippen LogP contribution in [-0.2, 0) is 0 Å². The highest BCUT2D eigenvalue weighted by Gasteiger charge is 2.47. The first kappa shape index (κ1) is 28.4. The van der Waals surface area contributed by atoms with E-state index in [1.807, 2.05) is 0 Å². The van der Waals surface area contributed by atoms with Crippen molar-refractivity contribution in [3.05, 3.63) is 0 Å². The van der Waals surface area contributed by atoms with Crippen molar-refractivity contribution >= 4 is 0 Å². The highest BCUT2D eigenvalue weighted by Crippen LogP contribution is 2.43. The van der Waals surface area contributed by atoms with Crippen LogP contribution in [0.15, 0.2) is 0 Å². The van der Waals surface area contributed by atoms with Gasteiger partial charge in [-0.15, -0.1) is 0 Å². The van der Waals surface area contributed by atoms with E-state index in [1.54, 1.807) is 0 Å². The van der Waals surface area contributed by atoms with Crippen LogP contribution in [-0.4, -0.2) is 25.4 Å². The molecule has 3 unspecified atom stereocenters. The van der Waals surface area contributed by atoms with Gasteiger partial charge in [0, 0.05) is 36.8 Å². The summed E-state index contributed by atoms with van der Waals surface area (Å²) in [5.74, 6) is 12.1. The first-order chi connectivity index (χ1) is 16.9. The molecule has 2 nitrogen and oxygen atoms in total. The molecule has 2 aliphatic carbocycles. The standard InChI is InChI=1S/C30H47F3N2/c1-3-5-7-8-23-10-12-24(13-11-23)14-15-25-16-18-27(28(20-25)30(31,32)33)19-17-26-21-34-29(35-22-26)9-6-4-2/h23-29,34-35H,3-13,16,18,20-22H2,1-2H3. The van der Waals surface area contributed by atoms with Gasteiger partial charge in [-0.1, -0.05) is 76.1 Å². The average molecular weight is 493 g/mol. The normalized spacial score (nSPS) is 33.8. The van der Waals surface area contributed by atoms with Crippen LogP contribution in [0.2, 0.25) is 0 Å². The lowest BCUT2D eigenvalue weighted by molar-refractivity contribution is -0.192. The van der Waals surface area contributed by atoms with Crippen molar-refractivity contribution in [2.45, 2.75) is 116 Å². The lowest BCUT2D eigenvalue weighted by atomic mass is 9.73. The summed E-state index contributed by atoms with van der Waals surface area (Å²) in [4.78, 5) is 0. The SMILES string of the molecule is CCCCCC1CCC(C#CC2CCC(C#CC3CNC(CCCC)NC3)C(C(F)(F)F)C2)CC1. The number of halogens is 3. The molecule has 198 valence electrons. The predicted molar refractivity (Wildman–Crippen MR) is 138 cm³/mol. The van der Waals surface area contributed by atoms with Gasteiger partial charge >= 0.3 is 6.18 Å². The molecule has 3 rings (SSSR count). The first-order valence-electron chi connectivity index (χ1n) is 14.4. The molecule has 2 saturated carbocycles. The Morgan fingerprint density at radius 3 is 1.97 bits per heavy atom. The molecule has 3 aliphatic rings. The molecule has 0 aromatic rings. The summed E-state index contributed by atoms with van der Waals surface area (Å²) in [6.45, 7) is 5.93. The summed E-state index contributed by atoms with van der Waals surface area (Å²) in [5, 5.41) is 6.90. The topological polar surface area (TPSA) is 24.1 Å². The van der Waals surface area contributed by atoms with Gasteiger partial charge in [0.1, 0.15) is 0 Å². The second kappa shape index (κ2) is 14.5. The fourth-order valence-electron chi connectivity index (χ4n) is 6.00. The summed E-state index contributed by atoms with van der Waals surface area (Å²) in [5.41, 5.74) is 0. The van der Waals surface area contributed by atoms with Gasteiger partial charge in [-0.2, -0.15) is 13.2 Å². The van der Waals surface area contributed by atoms with Crippen molar-refractivity contribution in [2.75, 3.05) is 13.1 Å². The zero-order chi connectivity index (χ0) is 25.1. The molecule has 3 atom stereocenters. The van der Waals surface area contributed by atoms with Gasteiger partial charge < -0.3 is 10.6 Å².